The number of benzene rings is 4. The lowest BCUT2D eigenvalue weighted by Gasteiger charge is -2.16. The van der Waals surface area contributed by atoms with Gasteiger partial charge in [-0.05, 0) is 52.6 Å². The number of hydrogen-bond acceptors (Lipinski definition) is 3. The first-order valence-corrected chi connectivity index (χ1v) is 11.7. The molecule has 0 saturated carbocycles. The largest absolute Gasteiger partial charge is 0.452 e. The molecule has 1 heterocycles. The van der Waals surface area contributed by atoms with Crippen molar-refractivity contribution in [1.82, 2.24) is 4.90 Å². The van der Waals surface area contributed by atoms with Gasteiger partial charge in [0.15, 0.2) is 11.6 Å². The second-order valence-corrected chi connectivity index (χ2v) is 8.84. The number of carbonyl (C=O) groups excluding carboxylic acids is 1. The lowest BCUT2D eigenvalue weighted by Crippen LogP contribution is -2.23. The van der Waals surface area contributed by atoms with E-state index in [-0.39, 0.29) is 23.0 Å². The summed E-state index contributed by atoms with van der Waals surface area (Å²) in [6.07, 6.45) is 4.03. The number of rotatable bonds is 6. The molecule has 4 aromatic rings. The van der Waals surface area contributed by atoms with Crippen molar-refractivity contribution >= 4 is 29.7 Å². The van der Waals surface area contributed by atoms with Crippen LogP contribution < -0.4 is 4.74 Å². The first kappa shape index (κ1) is 23.3. The third-order valence-electron chi connectivity index (χ3n) is 5.97. The van der Waals surface area contributed by atoms with Crippen LogP contribution in [0.5, 0.6) is 11.5 Å². The van der Waals surface area contributed by atoms with Crippen molar-refractivity contribution in [2.75, 3.05) is 0 Å². The van der Waals surface area contributed by atoms with Gasteiger partial charge in [-0.2, -0.15) is 5.26 Å². The van der Waals surface area contributed by atoms with E-state index < -0.39 is 5.82 Å². The van der Waals surface area contributed by atoms with Crippen LogP contribution in [0.15, 0.2) is 84.9 Å². The Morgan fingerprint density at radius 3 is 2.31 bits per heavy atom. The van der Waals surface area contributed by atoms with E-state index >= 15 is 0 Å². The Labute approximate surface area is 213 Å². The molecule has 0 N–H and O–H groups in total. The van der Waals surface area contributed by atoms with Gasteiger partial charge in [-0.3, -0.25) is 4.79 Å². The van der Waals surface area contributed by atoms with Crippen molar-refractivity contribution in [3.05, 3.63) is 129 Å². The Balaban J connectivity index is 1.31. The fraction of sp³-hybridized carbons (Fsp3) is 0.0667. The molecule has 36 heavy (non-hydrogen) atoms. The normalized spacial score (nSPS) is 12.6. The molecule has 0 aromatic heterocycles. The van der Waals surface area contributed by atoms with Gasteiger partial charge < -0.3 is 9.64 Å². The van der Waals surface area contributed by atoms with Gasteiger partial charge in [0.1, 0.15) is 11.8 Å². The second-order valence-electron chi connectivity index (χ2n) is 8.41. The van der Waals surface area contributed by atoms with Gasteiger partial charge in [0.25, 0.3) is 5.91 Å². The highest BCUT2D eigenvalue weighted by Gasteiger charge is 2.31. The summed E-state index contributed by atoms with van der Waals surface area (Å²) in [6.45, 7) is 0.850. The zero-order chi connectivity index (χ0) is 25.1. The minimum Gasteiger partial charge on any atom is -0.452 e. The summed E-state index contributed by atoms with van der Waals surface area (Å²) < 4.78 is 20.1. The predicted octanol–water partition coefficient (Wildman–Crippen LogP) is 7.47. The van der Waals surface area contributed by atoms with Crippen LogP contribution in [0.4, 0.5) is 4.39 Å². The molecule has 4 aromatic carbocycles. The zero-order valence-corrected chi connectivity index (χ0v) is 19.9. The Kier molecular flexibility index (Phi) is 6.53. The minimum atomic E-state index is -0.654. The van der Waals surface area contributed by atoms with Crippen LogP contribution in [0, 0.1) is 17.1 Å². The van der Waals surface area contributed by atoms with Crippen molar-refractivity contribution in [3.63, 3.8) is 0 Å². The molecule has 0 bridgehead atoms. The maximum absolute atomic E-state index is 14.4. The standard InChI is InChI=1S/C30H20ClFN2O2/c31-25-15-13-21(14-16-25)8-7-20-9-11-22(12-10-20)18-34-19-24-4-2-6-27(28(24)30(34)35)36-29-23(17-33)3-1-5-26(29)32/h1-16H,18-19H2. The van der Waals surface area contributed by atoms with Gasteiger partial charge in [0.05, 0.1) is 11.1 Å². The van der Waals surface area contributed by atoms with Gasteiger partial charge >= 0.3 is 0 Å². The molecule has 0 unspecified atom stereocenters. The van der Waals surface area contributed by atoms with Crippen LogP contribution in [0.3, 0.4) is 0 Å². The summed E-state index contributed by atoms with van der Waals surface area (Å²) in [7, 11) is 0. The third-order valence-corrected chi connectivity index (χ3v) is 6.22. The molecule has 1 aliphatic heterocycles. The summed E-state index contributed by atoms with van der Waals surface area (Å²) in [5.74, 6) is -0.785. The molecule has 0 aliphatic carbocycles. The molecule has 0 saturated heterocycles. The molecule has 6 heteroatoms. The quantitative estimate of drug-likeness (QED) is 0.261. The van der Waals surface area contributed by atoms with Crippen LogP contribution in [0.2, 0.25) is 5.02 Å². The fourth-order valence-electron chi connectivity index (χ4n) is 4.13. The summed E-state index contributed by atoms with van der Waals surface area (Å²) in [5.41, 5.74) is 4.35. The summed E-state index contributed by atoms with van der Waals surface area (Å²) in [5, 5.41) is 10.0. The average molecular weight is 495 g/mol. The molecule has 1 amide bonds. The monoisotopic (exact) mass is 494 g/mol. The van der Waals surface area contributed by atoms with Crippen molar-refractivity contribution in [3.8, 4) is 17.6 Å². The van der Waals surface area contributed by atoms with Crippen molar-refractivity contribution < 1.29 is 13.9 Å². The van der Waals surface area contributed by atoms with E-state index in [9.17, 15) is 14.4 Å². The highest BCUT2D eigenvalue weighted by atomic mass is 35.5. The maximum atomic E-state index is 14.4. The van der Waals surface area contributed by atoms with Crippen molar-refractivity contribution in [2.24, 2.45) is 0 Å². The van der Waals surface area contributed by atoms with Crippen LogP contribution >= 0.6 is 11.6 Å². The number of halogens is 2. The number of fused-ring (bicyclic) bond motifs is 1. The van der Waals surface area contributed by atoms with Crippen LogP contribution in [-0.4, -0.2) is 10.8 Å². The van der Waals surface area contributed by atoms with Crippen molar-refractivity contribution in [2.45, 2.75) is 13.1 Å². The van der Waals surface area contributed by atoms with E-state index in [4.69, 9.17) is 16.3 Å². The molecule has 0 radical (unpaired) electrons. The molecule has 0 spiro atoms. The average Bonchev–Trinajstić information content (AvgIpc) is 3.21. The fourth-order valence-corrected chi connectivity index (χ4v) is 4.26. The number of nitrogens with zero attached hydrogens (tertiary/aromatic N) is 2. The van der Waals surface area contributed by atoms with Gasteiger partial charge in [0, 0.05) is 18.1 Å². The van der Waals surface area contributed by atoms with Crippen LogP contribution in [0.1, 0.15) is 38.2 Å². The molecule has 4 nitrogen and oxygen atoms in total. The van der Waals surface area contributed by atoms with Crippen molar-refractivity contribution in [1.29, 1.82) is 5.26 Å². The molecule has 176 valence electrons. The highest BCUT2D eigenvalue weighted by molar-refractivity contribution is 6.30. The Bertz CT molecular complexity index is 1510. The number of para-hydroxylation sites is 1. The topological polar surface area (TPSA) is 53.3 Å². The molecular formula is C30H20ClFN2O2. The van der Waals surface area contributed by atoms with Gasteiger partial charge in [-0.15, -0.1) is 0 Å². The van der Waals surface area contributed by atoms with E-state index in [0.29, 0.717) is 23.7 Å². The Morgan fingerprint density at radius 2 is 1.61 bits per heavy atom. The molecular weight excluding hydrogens is 475 g/mol. The summed E-state index contributed by atoms with van der Waals surface area (Å²) >= 11 is 5.93. The Hall–Kier alpha value is -4.40. The van der Waals surface area contributed by atoms with E-state index in [1.807, 2.05) is 72.8 Å². The summed E-state index contributed by atoms with van der Waals surface area (Å²) in [4.78, 5) is 15.0. The SMILES string of the molecule is N#Cc1cccc(F)c1Oc1cccc2c1C(=O)N(Cc1ccc(C=Cc3ccc(Cl)cc3)cc1)C2. The third kappa shape index (κ3) is 4.86. The number of carbonyl (C=O) groups is 1. The lowest BCUT2D eigenvalue weighted by atomic mass is 10.1. The minimum absolute atomic E-state index is 0.0695. The van der Waals surface area contributed by atoms with E-state index in [0.717, 1.165) is 22.3 Å². The van der Waals surface area contributed by atoms with Gasteiger partial charge in [-0.1, -0.05) is 78.4 Å². The zero-order valence-electron chi connectivity index (χ0n) is 19.1. The Morgan fingerprint density at radius 1 is 0.944 bits per heavy atom. The van der Waals surface area contributed by atoms with E-state index in [1.165, 1.54) is 18.2 Å². The lowest BCUT2D eigenvalue weighted by molar-refractivity contribution is 0.0764. The number of hydrogen-bond donors (Lipinski definition) is 0. The summed E-state index contributed by atoms with van der Waals surface area (Å²) in [6, 6.07) is 26.9. The molecule has 5 rings (SSSR count). The first-order valence-electron chi connectivity index (χ1n) is 11.3. The number of amides is 1. The first-order chi connectivity index (χ1) is 17.5. The number of ether oxygens (including phenoxy) is 1. The van der Waals surface area contributed by atoms with Gasteiger partial charge in [0.2, 0.25) is 0 Å². The van der Waals surface area contributed by atoms with Crippen LogP contribution in [0.25, 0.3) is 12.2 Å². The highest BCUT2D eigenvalue weighted by Crippen LogP contribution is 2.36. The maximum Gasteiger partial charge on any atom is 0.258 e. The van der Waals surface area contributed by atoms with Gasteiger partial charge in [-0.25, -0.2) is 4.39 Å². The van der Waals surface area contributed by atoms with E-state index in [1.54, 1.807) is 17.0 Å². The van der Waals surface area contributed by atoms with Crippen LogP contribution in [-0.2, 0) is 13.1 Å². The smallest absolute Gasteiger partial charge is 0.258 e. The second kappa shape index (κ2) is 10.1. The number of nitriles is 1. The predicted molar refractivity (Wildman–Crippen MR) is 138 cm³/mol. The van der Waals surface area contributed by atoms with E-state index in [2.05, 4.69) is 0 Å². The molecule has 0 atom stereocenters. The molecule has 0 fully saturated rings. The molecule has 1 aliphatic rings.